The SMILES string of the molecule is C=C1Cc2cc(C(C)(C)C)ccc2N1C(C)C. The molecule has 0 aliphatic carbocycles. The summed E-state index contributed by atoms with van der Waals surface area (Å²) in [5, 5.41) is 0. The van der Waals surface area contributed by atoms with Crippen LogP contribution >= 0.6 is 0 Å². The first-order chi connectivity index (χ1) is 7.80. The molecule has 1 aromatic rings. The molecule has 0 amide bonds. The van der Waals surface area contributed by atoms with Crippen molar-refractivity contribution in [1.29, 1.82) is 0 Å². The predicted octanol–water partition coefficient (Wildman–Crippen LogP) is 4.27. The van der Waals surface area contributed by atoms with E-state index in [1.54, 1.807) is 0 Å². The number of nitrogens with zero attached hydrogens (tertiary/aromatic N) is 1. The number of allylic oxidation sites excluding steroid dienone is 1. The third-order valence-corrected chi connectivity index (χ3v) is 3.46. The summed E-state index contributed by atoms with van der Waals surface area (Å²) in [5.74, 6) is 0. The lowest BCUT2D eigenvalue weighted by atomic mass is 9.86. The fraction of sp³-hybridized carbons (Fsp3) is 0.500. The van der Waals surface area contributed by atoms with Gasteiger partial charge in [-0.15, -0.1) is 0 Å². The minimum Gasteiger partial charge on any atom is -0.343 e. The van der Waals surface area contributed by atoms with Crippen molar-refractivity contribution in [2.45, 2.75) is 52.5 Å². The molecular weight excluding hydrogens is 206 g/mol. The average molecular weight is 229 g/mol. The second-order valence-electron chi connectivity index (χ2n) is 6.30. The van der Waals surface area contributed by atoms with Crippen LogP contribution in [0.25, 0.3) is 0 Å². The maximum Gasteiger partial charge on any atom is 0.0447 e. The molecule has 17 heavy (non-hydrogen) atoms. The quantitative estimate of drug-likeness (QED) is 0.695. The average Bonchev–Trinajstić information content (AvgIpc) is 2.50. The number of benzene rings is 1. The highest BCUT2D eigenvalue weighted by atomic mass is 15.2. The number of hydrogen-bond acceptors (Lipinski definition) is 1. The first-order valence-electron chi connectivity index (χ1n) is 6.41. The summed E-state index contributed by atoms with van der Waals surface area (Å²) in [4.78, 5) is 2.35. The highest BCUT2D eigenvalue weighted by molar-refractivity contribution is 5.66. The van der Waals surface area contributed by atoms with Gasteiger partial charge in [0.25, 0.3) is 0 Å². The predicted molar refractivity (Wildman–Crippen MR) is 75.6 cm³/mol. The van der Waals surface area contributed by atoms with Crippen molar-refractivity contribution < 1.29 is 0 Å². The van der Waals surface area contributed by atoms with E-state index >= 15 is 0 Å². The van der Waals surface area contributed by atoms with E-state index in [-0.39, 0.29) is 5.41 Å². The van der Waals surface area contributed by atoms with Crippen LogP contribution in [-0.2, 0) is 11.8 Å². The number of fused-ring (bicyclic) bond motifs is 1. The van der Waals surface area contributed by atoms with Crippen LogP contribution < -0.4 is 4.90 Å². The molecule has 0 atom stereocenters. The summed E-state index contributed by atoms with van der Waals surface area (Å²) >= 11 is 0. The van der Waals surface area contributed by atoms with Gasteiger partial charge in [0, 0.05) is 23.8 Å². The Morgan fingerprint density at radius 1 is 1.24 bits per heavy atom. The van der Waals surface area contributed by atoms with E-state index in [0.717, 1.165) is 6.42 Å². The lowest BCUT2D eigenvalue weighted by Crippen LogP contribution is -2.26. The van der Waals surface area contributed by atoms with Crippen molar-refractivity contribution in [2.75, 3.05) is 4.90 Å². The van der Waals surface area contributed by atoms with Crippen molar-refractivity contribution in [3.05, 3.63) is 41.6 Å². The Bertz CT molecular complexity index is 449. The molecule has 2 rings (SSSR count). The van der Waals surface area contributed by atoms with Gasteiger partial charge in [0.15, 0.2) is 0 Å². The minimum absolute atomic E-state index is 0.224. The van der Waals surface area contributed by atoms with Crippen LogP contribution in [0.2, 0.25) is 0 Å². The monoisotopic (exact) mass is 229 g/mol. The van der Waals surface area contributed by atoms with Gasteiger partial charge in [-0.25, -0.2) is 0 Å². The maximum atomic E-state index is 4.19. The lowest BCUT2D eigenvalue weighted by molar-refractivity contribution is 0.590. The van der Waals surface area contributed by atoms with Gasteiger partial charge in [-0.05, 0) is 36.5 Å². The zero-order valence-corrected chi connectivity index (χ0v) is 11.7. The number of anilines is 1. The molecule has 0 N–H and O–H groups in total. The Morgan fingerprint density at radius 2 is 1.88 bits per heavy atom. The second-order valence-corrected chi connectivity index (χ2v) is 6.30. The van der Waals surface area contributed by atoms with Gasteiger partial charge in [0.05, 0.1) is 0 Å². The van der Waals surface area contributed by atoms with Crippen LogP contribution in [-0.4, -0.2) is 6.04 Å². The van der Waals surface area contributed by atoms with Crippen LogP contribution in [0, 0.1) is 0 Å². The first kappa shape index (κ1) is 12.2. The molecule has 0 aromatic heterocycles. The van der Waals surface area contributed by atoms with Crippen molar-refractivity contribution in [3.63, 3.8) is 0 Å². The van der Waals surface area contributed by atoms with Gasteiger partial charge in [-0.1, -0.05) is 39.5 Å². The van der Waals surface area contributed by atoms with E-state index in [4.69, 9.17) is 0 Å². The molecule has 0 saturated heterocycles. The van der Waals surface area contributed by atoms with Crippen LogP contribution in [0.5, 0.6) is 0 Å². The molecular formula is C16H23N. The van der Waals surface area contributed by atoms with E-state index in [0.29, 0.717) is 6.04 Å². The summed E-state index contributed by atoms with van der Waals surface area (Å²) < 4.78 is 0. The number of hydrogen-bond donors (Lipinski definition) is 0. The van der Waals surface area contributed by atoms with Crippen molar-refractivity contribution in [2.24, 2.45) is 0 Å². The molecule has 0 bridgehead atoms. The first-order valence-corrected chi connectivity index (χ1v) is 6.41. The molecule has 0 fully saturated rings. The Morgan fingerprint density at radius 3 is 2.41 bits per heavy atom. The molecule has 1 nitrogen and oxygen atoms in total. The molecule has 92 valence electrons. The molecule has 0 saturated carbocycles. The summed E-state index contributed by atoms with van der Waals surface area (Å²) in [7, 11) is 0. The van der Waals surface area contributed by atoms with Crippen molar-refractivity contribution in [1.82, 2.24) is 0 Å². The Hall–Kier alpha value is -1.24. The molecule has 0 radical (unpaired) electrons. The van der Waals surface area contributed by atoms with Crippen molar-refractivity contribution in [3.8, 4) is 0 Å². The van der Waals surface area contributed by atoms with E-state index in [2.05, 4.69) is 64.3 Å². The number of rotatable bonds is 1. The Kier molecular flexibility index (Phi) is 2.81. The summed E-state index contributed by atoms with van der Waals surface area (Å²) in [5.41, 5.74) is 5.63. The molecule has 0 spiro atoms. The minimum atomic E-state index is 0.224. The normalized spacial score (nSPS) is 15.6. The summed E-state index contributed by atoms with van der Waals surface area (Å²) in [6.45, 7) is 15.4. The van der Waals surface area contributed by atoms with E-state index < -0.39 is 0 Å². The maximum absolute atomic E-state index is 4.19. The fourth-order valence-corrected chi connectivity index (χ4v) is 2.55. The van der Waals surface area contributed by atoms with Gasteiger partial charge in [0.1, 0.15) is 0 Å². The summed E-state index contributed by atoms with van der Waals surface area (Å²) in [6, 6.07) is 7.35. The Labute approximate surface area is 105 Å². The fourth-order valence-electron chi connectivity index (χ4n) is 2.55. The molecule has 0 unspecified atom stereocenters. The van der Waals surface area contributed by atoms with E-state index in [1.807, 2.05) is 0 Å². The topological polar surface area (TPSA) is 3.24 Å². The lowest BCUT2D eigenvalue weighted by Gasteiger charge is -2.26. The van der Waals surface area contributed by atoms with Gasteiger partial charge < -0.3 is 4.90 Å². The summed E-state index contributed by atoms with van der Waals surface area (Å²) in [6.07, 6.45) is 0.997. The molecule has 1 aliphatic heterocycles. The molecule has 1 heteroatoms. The zero-order valence-electron chi connectivity index (χ0n) is 11.7. The Balaban J connectivity index is 2.45. The van der Waals surface area contributed by atoms with E-state index in [9.17, 15) is 0 Å². The molecule has 1 aliphatic rings. The van der Waals surface area contributed by atoms with Crippen molar-refractivity contribution >= 4 is 5.69 Å². The standard InChI is InChI=1S/C16H23N/c1-11(2)17-12(3)9-13-10-14(16(4,5)6)7-8-15(13)17/h7-8,10-11H,3,9H2,1-2,4-6H3. The van der Waals surface area contributed by atoms with Gasteiger partial charge >= 0.3 is 0 Å². The third kappa shape index (κ3) is 2.11. The highest BCUT2D eigenvalue weighted by Gasteiger charge is 2.26. The van der Waals surface area contributed by atoms with Gasteiger partial charge in [0.2, 0.25) is 0 Å². The molecule has 1 heterocycles. The zero-order chi connectivity index (χ0) is 12.8. The second kappa shape index (κ2) is 3.90. The highest BCUT2D eigenvalue weighted by Crippen LogP contribution is 2.37. The van der Waals surface area contributed by atoms with Crippen LogP contribution in [0.15, 0.2) is 30.5 Å². The largest absolute Gasteiger partial charge is 0.343 e. The van der Waals surface area contributed by atoms with Gasteiger partial charge in [-0.2, -0.15) is 0 Å². The third-order valence-electron chi connectivity index (χ3n) is 3.46. The molecule has 1 aromatic carbocycles. The van der Waals surface area contributed by atoms with Crippen LogP contribution in [0.4, 0.5) is 5.69 Å². The van der Waals surface area contributed by atoms with Crippen LogP contribution in [0.1, 0.15) is 45.7 Å². The smallest absolute Gasteiger partial charge is 0.0447 e. The van der Waals surface area contributed by atoms with Crippen LogP contribution in [0.3, 0.4) is 0 Å². The van der Waals surface area contributed by atoms with Gasteiger partial charge in [-0.3, -0.25) is 0 Å². The van der Waals surface area contributed by atoms with E-state index in [1.165, 1.54) is 22.5 Å².